The molecule has 3 aromatic rings. The van der Waals surface area contributed by atoms with Crippen molar-refractivity contribution in [2.45, 2.75) is 51.3 Å². The van der Waals surface area contributed by atoms with Gasteiger partial charge in [-0.1, -0.05) is 55.8 Å². The molecule has 5 heteroatoms. The van der Waals surface area contributed by atoms with Crippen LogP contribution in [0.4, 0.5) is 0 Å². The van der Waals surface area contributed by atoms with E-state index in [9.17, 15) is 4.79 Å². The monoisotopic (exact) mass is 448 g/mol. The van der Waals surface area contributed by atoms with Gasteiger partial charge in [0.05, 0.1) is 12.7 Å². The lowest BCUT2D eigenvalue weighted by Gasteiger charge is -2.21. The number of rotatable bonds is 8. The Bertz CT molecular complexity index is 1090. The number of methoxy groups -OCH3 is 1. The quantitative estimate of drug-likeness (QED) is 0.333. The molecular weight excluding hydrogens is 416 g/mol. The summed E-state index contributed by atoms with van der Waals surface area (Å²) in [7, 11) is 1.41. The highest BCUT2D eigenvalue weighted by molar-refractivity contribution is 7.98. The SMILES string of the molecule is COC(=O)c1ccccc1SCc1c(C)nc(CC(C)C)c(CN)c1-c1ccc(C)cc1. The summed E-state index contributed by atoms with van der Waals surface area (Å²) in [5.74, 6) is 0.854. The molecular formula is C27H32N2O2S. The molecule has 1 heterocycles. The molecule has 0 fully saturated rings. The highest BCUT2D eigenvalue weighted by Crippen LogP contribution is 2.37. The first-order valence-corrected chi connectivity index (χ1v) is 11.9. The van der Waals surface area contributed by atoms with Crippen molar-refractivity contribution in [3.05, 3.63) is 82.2 Å². The van der Waals surface area contributed by atoms with Crippen molar-refractivity contribution in [2.24, 2.45) is 11.7 Å². The number of benzene rings is 2. The predicted octanol–water partition coefficient (Wildman–Crippen LogP) is 6.10. The van der Waals surface area contributed by atoms with Gasteiger partial charge < -0.3 is 10.5 Å². The second kappa shape index (κ2) is 10.8. The van der Waals surface area contributed by atoms with Crippen molar-refractivity contribution in [2.75, 3.05) is 7.11 Å². The number of hydrogen-bond acceptors (Lipinski definition) is 5. The fraction of sp³-hybridized carbons (Fsp3) is 0.333. The second-order valence-corrected chi connectivity index (χ2v) is 9.44. The molecule has 0 aliphatic rings. The van der Waals surface area contributed by atoms with Crippen LogP contribution in [0.25, 0.3) is 11.1 Å². The fourth-order valence-corrected chi connectivity index (χ4v) is 5.02. The van der Waals surface area contributed by atoms with Gasteiger partial charge in [0.15, 0.2) is 0 Å². The molecule has 0 atom stereocenters. The Hall–Kier alpha value is -2.63. The first kappa shape index (κ1) is 24.0. The molecule has 32 heavy (non-hydrogen) atoms. The lowest BCUT2D eigenvalue weighted by Crippen LogP contribution is -2.13. The minimum Gasteiger partial charge on any atom is -0.465 e. The van der Waals surface area contributed by atoms with Gasteiger partial charge in [-0.2, -0.15) is 0 Å². The Morgan fingerprint density at radius 1 is 1.06 bits per heavy atom. The molecule has 0 unspecified atom stereocenters. The summed E-state index contributed by atoms with van der Waals surface area (Å²) in [4.78, 5) is 18.1. The third kappa shape index (κ3) is 5.40. The normalized spacial score (nSPS) is 11.1. The highest BCUT2D eigenvalue weighted by atomic mass is 32.2. The van der Waals surface area contributed by atoms with Crippen molar-refractivity contribution < 1.29 is 9.53 Å². The van der Waals surface area contributed by atoms with Gasteiger partial charge in [0.2, 0.25) is 0 Å². The van der Waals surface area contributed by atoms with Gasteiger partial charge in [0.1, 0.15) is 0 Å². The van der Waals surface area contributed by atoms with Crippen molar-refractivity contribution >= 4 is 17.7 Å². The van der Waals surface area contributed by atoms with Gasteiger partial charge >= 0.3 is 5.97 Å². The van der Waals surface area contributed by atoms with E-state index in [0.29, 0.717) is 23.8 Å². The van der Waals surface area contributed by atoms with Crippen LogP contribution in [0.3, 0.4) is 0 Å². The van der Waals surface area contributed by atoms with Gasteiger partial charge in [0.25, 0.3) is 0 Å². The third-order valence-electron chi connectivity index (χ3n) is 5.50. The number of ether oxygens (including phenoxy) is 1. The Morgan fingerprint density at radius 3 is 2.38 bits per heavy atom. The molecule has 2 aromatic carbocycles. The number of esters is 1. The van der Waals surface area contributed by atoms with Crippen molar-refractivity contribution in [1.82, 2.24) is 4.98 Å². The molecule has 2 N–H and O–H groups in total. The maximum Gasteiger partial charge on any atom is 0.338 e. The van der Waals surface area contributed by atoms with E-state index in [2.05, 4.69) is 52.0 Å². The number of thioether (sulfide) groups is 1. The third-order valence-corrected chi connectivity index (χ3v) is 6.60. The number of carbonyl (C=O) groups is 1. The molecule has 0 radical (unpaired) electrons. The van der Waals surface area contributed by atoms with Crippen molar-refractivity contribution in [3.63, 3.8) is 0 Å². The van der Waals surface area contributed by atoms with E-state index in [1.54, 1.807) is 17.8 Å². The summed E-state index contributed by atoms with van der Waals surface area (Å²) in [6, 6.07) is 16.2. The van der Waals surface area contributed by atoms with Crippen LogP contribution in [0.5, 0.6) is 0 Å². The average molecular weight is 449 g/mol. The van der Waals surface area contributed by atoms with Gasteiger partial charge in [-0.3, -0.25) is 4.98 Å². The average Bonchev–Trinajstić information content (AvgIpc) is 2.78. The van der Waals surface area contributed by atoms with E-state index in [4.69, 9.17) is 15.5 Å². The van der Waals surface area contributed by atoms with Crippen molar-refractivity contribution in [1.29, 1.82) is 0 Å². The number of carbonyl (C=O) groups excluding carboxylic acids is 1. The second-order valence-electron chi connectivity index (χ2n) is 8.42. The first-order chi connectivity index (χ1) is 15.3. The van der Waals surface area contributed by atoms with E-state index in [-0.39, 0.29) is 5.97 Å². The standard InChI is InChI=1S/C27H32N2O2S/c1-17(2)14-24-22(15-28)26(20-12-10-18(3)11-13-20)23(19(4)29-24)16-32-25-9-7-6-8-21(25)27(30)31-5/h6-13,17H,14-16,28H2,1-5H3. The number of aromatic nitrogens is 1. The number of pyridine rings is 1. The van der Waals surface area contributed by atoms with Gasteiger partial charge in [-0.05, 0) is 60.6 Å². The molecule has 168 valence electrons. The van der Waals surface area contributed by atoms with Crippen LogP contribution in [-0.2, 0) is 23.5 Å². The van der Waals surface area contributed by atoms with Crippen LogP contribution >= 0.6 is 11.8 Å². The molecule has 0 aliphatic carbocycles. The smallest absolute Gasteiger partial charge is 0.338 e. The highest BCUT2D eigenvalue weighted by Gasteiger charge is 2.20. The Labute approximate surface area is 195 Å². The van der Waals surface area contributed by atoms with E-state index < -0.39 is 0 Å². The lowest BCUT2D eigenvalue weighted by molar-refractivity contribution is 0.0597. The fourth-order valence-electron chi connectivity index (χ4n) is 3.89. The zero-order valence-corrected chi connectivity index (χ0v) is 20.4. The predicted molar refractivity (Wildman–Crippen MR) is 133 cm³/mol. The molecule has 0 amide bonds. The van der Waals surface area contributed by atoms with E-state index in [0.717, 1.165) is 39.4 Å². The zero-order chi connectivity index (χ0) is 23.3. The van der Waals surface area contributed by atoms with Gasteiger partial charge in [0, 0.05) is 28.6 Å². The van der Waals surface area contributed by atoms with Gasteiger partial charge in [-0.15, -0.1) is 11.8 Å². The number of hydrogen-bond donors (Lipinski definition) is 1. The molecule has 0 bridgehead atoms. The number of nitrogens with two attached hydrogens (primary N) is 1. The van der Waals surface area contributed by atoms with Crippen LogP contribution in [0.1, 0.15) is 52.3 Å². The molecule has 0 aliphatic heterocycles. The summed E-state index contributed by atoms with van der Waals surface area (Å²) < 4.78 is 4.96. The lowest BCUT2D eigenvalue weighted by atomic mass is 9.90. The Kier molecular flexibility index (Phi) is 8.10. The first-order valence-electron chi connectivity index (χ1n) is 10.9. The van der Waals surface area contributed by atoms with E-state index in [1.165, 1.54) is 18.2 Å². The number of nitrogens with zero attached hydrogens (tertiary/aromatic N) is 1. The minimum atomic E-state index is -0.323. The molecule has 0 saturated heterocycles. The number of aryl methyl sites for hydroxylation is 2. The molecule has 0 saturated carbocycles. The van der Waals surface area contributed by atoms with Crippen LogP contribution in [0.2, 0.25) is 0 Å². The van der Waals surface area contributed by atoms with Crippen LogP contribution < -0.4 is 5.73 Å². The van der Waals surface area contributed by atoms with Crippen molar-refractivity contribution in [3.8, 4) is 11.1 Å². The summed E-state index contributed by atoms with van der Waals surface area (Å²) >= 11 is 1.63. The van der Waals surface area contributed by atoms with Crippen LogP contribution in [0, 0.1) is 19.8 Å². The molecule has 0 spiro atoms. The maximum atomic E-state index is 12.2. The molecule has 3 rings (SSSR count). The van der Waals surface area contributed by atoms with Gasteiger partial charge in [-0.25, -0.2) is 4.79 Å². The summed E-state index contributed by atoms with van der Waals surface area (Å²) in [5, 5.41) is 0. The zero-order valence-electron chi connectivity index (χ0n) is 19.6. The summed E-state index contributed by atoms with van der Waals surface area (Å²) in [6.07, 6.45) is 0.894. The van der Waals surface area contributed by atoms with Crippen LogP contribution in [0.15, 0.2) is 53.4 Å². The Morgan fingerprint density at radius 2 is 1.75 bits per heavy atom. The molecule has 1 aromatic heterocycles. The van der Waals surface area contributed by atoms with E-state index in [1.807, 2.05) is 18.2 Å². The summed E-state index contributed by atoms with van der Waals surface area (Å²) in [6.45, 7) is 9.02. The minimum absolute atomic E-state index is 0.323. The molecule has 4 nitrogen and oxygen atoms in total. The summed E-state index contributed by atoms with van der Waals surface area (Å²) in [5.41, 5.74) is 14.8. The Balaban J connectivity index is 2.11. The van der Waals surface area contributed by atoms with Crippen LogP contribution in [-0.4, -0.2) is 18.1 Å². The maximum absolute atomic E-state index is 12.2. The van der Waals surface area contributed by atoms with E-state index >= 15 is 0 Å². The topological polar surface area (TPSA) is 65.2 Å². The largest absolute Gasteiger partial charge is 0.465 e.